The Bertz CT molecular complexity index is 1450. The molecule has 0 amide bonds. The zero-order valence-electron chi connectivity index (χ0n) is 17.2. The van der Waals surface area contributed by atoms with Crippen molar-refractivity contribution in [3.63, 3.8) is 0 Å². The number of aryl methyl sites for hydroxylation is 2. The Kier molecular flexibility index (Phi) is 4.00. The Labute approximate surface area is 173 Å². The summed E-state index contributed by atoms with van der Waals surface area (Å²) in [4.78, 5) is 29.1. The van der Waals surface area contributed by atoms with E-state index in [2.05, 4.69) is 17.1 Å². The zero-order valence-corrected chi connectivity index (χ0v) is 17.2. The molecule has 5 rings (SSSR count). The highest BCUT2D eigenvalue weighted by Gasteiger charge is 2.24. The molecule has 0 bridgehead atoms. The first-order valence-corrected chi connectivity index (χ1v) is 10.1. The number of ether oxygens (including phenoxy) is 1. The van der Waals surface area contributed by atoms with Crippen molar-refractivity contribution in [3.05, 3.63) is 80.6 Å². The summed E-state index contributed by atoms with van der Waals surface area (Å²) in [7, 11) is 1.70. The third kappa shape index (κ3) is 2.79. The fourth-order valence-electron chi connectivity index (χ4n) is 4.25. The first-order chi connectivity index (χ1) is 14.4. The molecule has 1 N–H and O–H groups in total. The topological polar surface area (TPSA) is 69.0 Å². The lowest BCUT2D eigenvalue weighted by Gasteiger charge is -2.28. The molecule has 6 heteroatoms. The van der Waals surface area contributed by atoms with Crippen LogP contribution in [-0.2, 0) is 20.0 Å². The van der Waals surface area contributed by atoms with E-state index in [1.165, 1.54) is 9.13 Å². The molecule has 152 valence electrons. The van der Waals surface area contributed by atoms with Gasteiger partial charge in [-0.2, -0.15) is 0 Å². The minimum absolute atomic E-state index is 0.249. The van der Waals surface area contributed by atoms with E-state index in [1.54, 1.807) is 19.2 Å². The summed E-state index contributed by atoms with van der Waals surface area (Å²) in [5, 5.41) is 1.62. The van der Waals surface area contributed by atoms with Crippen molar-refractivity contribution in [1.82, 2.24) is 14.1 Å². The second kappa shape index (κ2) is 6.49. The van der Waals surface area contributed by atoms with Crippen LogP contribution in [0, 0.1) is 0 Å². The summed E-state index contributed by atoms with van der Waals surface area (Å²) >= 11 is 0. The van der Waals surface area contributed by atoms with Gasteiger partial charge in [-0.3, -0.25) is 13.9 Å². The second-order valence-electron chi connectivity index (χ2n) is 8.32. The van der Waals surface area contributed by atoms with Crippen LogP contribution in [0.4, 0.5) is 0 Å². The van der Waals surface area contributed by atoms with Crippen LogP contribution in [0.15, 0.2) is 58.3 Å². The summed E-state index contributed by atoms with van der Waals surface area (Å²) in [6.45, 7) is 4.36. The molecule has 0 unspecified atom stereocenters. The van der Waals surface area contributed by atoms with E-state index in [0.29, 0.717) is 23.9 Å². The summed E-state index contributed by atoms with van der Waals surface area (Å²) < 4.78 is 8.97. The van der Waals surface area contributed by atoms with Gasteiger partial charge in [0.1, 0.15) is 11.4 Å². The molecule has 0 saturated carbocycles. The lowest BCUT2D eigenvalue weighted by Crippen LogP contribution is -2.39. The molecule has 1 aliphatic rings. The first-order valence-electron chi connectivity index (χ1n) is 10.1. The number of H-pyrrole nitrogens is 1. The molecule has 0 atom stereocenters. The van der Waals surface area contributed by atoms with Crippen molar-refractivity contribution < 1.29 is 4.74 Å². The van der Waals surface area contributed by atoms with Crippen molar-refractivity contribution in [1.29, 1.82) is 0 Å². The molecule has 1 aliphatic heterocycles. The van der Waals surface area contributed by atoms with Gasteiger partial charge in [-0.1, -0.05) is 18.2 Å². The lowest BCUT2D eigenvalue weighted by molar-refractivity contribution is 0.159. The second-order valence-corrected chi connectivity index (χ2v) is 8.32. The van der Waals surface area contributed by atoms with Gasteiger partial charge in [0.05, 0.1) is 10.9 Å². The van der Waals surface area contributed by atoms with Crippen LogP contribution in [0.25, 0.3) is 27.9 Å². The number of aromatic nitrogens is 3. The van der Waals surface area contributed by atoms with E-state index < -0.39 is 0 Å². The van der Waals surface area contributed by atoms with Crippen molar-refractivity contribution in [2.75, 3.05) is 0 Å². The molecule has 3 heterocycles. The fraction of sp³-hybridized carbons (Fsp3) is 0.250. The number of nitrogens with one attached hydrogen (secondary N) is 1. The summed E-state index contributed by atoms with van der Waals surface area (Å²) in [6, 6.07) is 11.2. The van der Waals surface area contributed by atoms with E-state index in [9.17, 15) is 9.59 Å². The molecular weight excluding hydrogens is 378 g/mol. The highest BCUT2D eigenvalue weighted by atomic mass is 16.5. The Balaban J connectivity index is 1.57. The molecule has 4 aromatic rings. The fourth-order valence-corrected chi connectivity index (χ4v) is 4.25. The van der Waals surface area contributed by atoms with Gasteiger partial charge >= 0.3 is 5.69 Å². The number of fused-ring (bicyclic) bond motifs is 4. The SMILES string of the molecule is Cn1c(=O)n(CCc2c[nH]c3ccc4c(c23)C=CC(C)(C)O4)c(=O)c2ccccc21. The van der Waals surface area contributed by atoms with Crippen LogP contribution < -0.4 is 16.0 Å². The highest BCUT2D eigenvalue weighted by molar-refractivity contribution is 5.94. The predicted octanol–water partition coefficient (Wildman–Crippen LogP) is 3.61. The average Bonchev–Trinajstić information content (AvgIpc) is 3.14. The van der Waals surface area contributed by atoms with Crippen molar-refractivity contribution in [2.24, 2.45) is 7.05 Å². The Hall–Kier alpha value is -3.54. The molecule has 2 aromatic heterocycles. The molecule has 0 saturated heterocycles. The van der Waals surface area contributed by atoms with Gasteiger partial charge in [0.2, 0.25) is 0 Å². The monoisotopic (exact) mass is 401 g/mol. The van der Waals surface area contributed by atoms with Crippen LogP contribution in [0.3, 0.4) is 0 Å². The van der Waals surface area contributed by atoms with Gasteiger partial charge in [0.15, 0.2) is 0 Å². The van der Waals surface area contributed by atoms with Gasteiger partial charge in [0.25, 0.3) is 5.56 Å². The number of aromatic amines is 1. The summed E-state index contributed by atoms with van der Waals surface area (Å²) in [5.74, 6) is 0.842. The third-order valence-electron chi connectivity index (χ3n) is 5.82. The zero-order chi connectivity index (χ0) is 21.0. The van der Waals surface area contributed by atoms with E-state index in [0.717, 1.165) is 27.8 Å². The van der Waals surface area contributed by atoms with E-state index in [4.69, 9.17) is 4.74 Å². The van der Waals surface area contributed by atoms with Gasteiger partial charge in [-0.25, -0.2) is 4.79 Å². The van der Waals surface area contributed by atoms with E-state index in [1.807, 2.05) is 44.3 Å². The van der Waals surface area contributed by atoms with Crippen LogP contribution in [0.2, 0.25) is 0 Å². The number of hydrogen-bond acceptors (Lipinski definition) is 3. The van der Waals surface area contributed by atoms with E-state index in [-0.39, 0.29) is 16.9 Å². The van der Waals surface area contributed by atoms with Crippen LogP contribution in [0.5, 0.6) is 5.75 Å². The van der Waals surface area contributed by atoms with Crippen molar-refractivity contribution >= 4 is 27.9 Å². The largest absolute Gasteiger partial charge is 0.483 e. The molecule has 0 fully saturated rings. The van der Waals surface area contributed by atoms with Crippen molar-refractivity contribution in [3.8, 4) is 5.75 Å². The van der Waals surface area contributed by atoms with Gasteiger partial charge in [0, 0.05) is 36.3 Å². The maximum atomic E-state index is 12.9. The van der Waals surface area contributed by atoms with E-state index >= 15 is 0 Å². The Morgan fingerprint density at radius 1 is 1.10 bits per heavy atom. The molecule has 0 aliphatic carbocycles. The number of para-hydroxylation sites is 1. The maximum absolute atomic E-state index is 12.9. The molecule has 0 radical (unpaired) electrons. The molecule has 2 aromatic carbocycles. The minimum Gasteiger partial charge on any atom is -0.483 e. The number of benzene rings is 2. The molecule has 6 nitrogen and oxygen atoms in total. The number of rotatable bonds is 3. The molecular formula is C24H23N3O3. The number of nitrogens with zero attached hydrogens (tertiary/aromatic N) is 2. The summed E-state index contributed by atoms with van der Waals surface area (Å²) in [5.41, 5.74) is 2.84. The third-order valence-corrected chi connectivity index (χ3v) is 5.82. The lowest BCUT2D eigenvalue weighted by atomic mass is 9.97. The first kappa shape index (κ1) is 18.5. The van der Waals surface area contributed by atoms with Crippen molar-refractivity contribution in [2.45, 2.75) is 32.4 Å². The van der Waals surface area contributed by atoms with Gasteiger partial charge in [-0.15, -0.1) is 0 Å². The van der Waals surface area contributed by atoms with Gasteiger partial charge in [-0.05, 0) is 56.2 Å². The average molecular weight is 401 g/mol. The van der Waals surface area contributed by atoms with Crippen LogP contribution in [-0.4, -0.2) is 19.7 Å². The van der Waals surface area contributed by atoms with Crippen LogP contribution in [0.1, 0.15) is 25.0 Å². The maximum Gasteiger partial charge on any atom is 0.331 e. The normalized spacial score (nSPS) is 14.8. The van der Waals surface area contributed by atoms with Gasteiger partial charge < -0.3 is 9.72 Å². The molecule has 30 heavy (non-hydrogen) atoms. The highest BCUT2D eigenvalue weighted by Crippen LogP contribution is 2.37. The minimum atomic E-state index is -0.345. The summed E-state index contributed by atoms with van der Waals surface area (Å²) in [6.07, 6.45) is 6.66. The Morgan fingerprint density at radius 3 is 2.73 bits per heavy atom. The standard InChI is InChI=1S/C24H23N3O3/c1-24(2)12-10-17-20(30-24)9-8-18-21(17)15(14-25-18)11-13-27-22(28)16-6-4-5-7-19(16)26(3)23(27)29/h4-10,12,14,25H,11,13H2,1-3H3. The van der Waals surface area contributed by atoms with Crippen LogP contribution >= 0.6 is 0 Å². The predicted molar refractivity (Wildman–Crippen MR) is 119 cm³/mol. The molecule has 0 spiro atoms. The smallest absolute Gasteiger partial charge is 0.331 e. The quantitative estimate of drug-likeness (QED) is 0.570. The number of hydrogen-bond donors (Lipinski definition) is 1. The Morgan fingerprint density at radius 2 is 1.90 bits per heavy atom.